The molecule has 0 fully saturated rings. The van der Waals surface area contributed by atoms with Crippen molar-refractivity contribution in [2.45, 2.75) is 12.8 Å². The number of hydrogen-bond donors (Lipinski definition) is 1. The van der Waals surface area contributed by atoms with Gasteiger partial charge in [-0.05, 0) is 12.5 Å². The van der Waals surface area contributed by atoms with Gasteiger partial charge in [0.05, 0.1) is 0 Å². The lowest BCUT2D eigenvalue weighted by Crippen LogP contribution is -2.30. The zero-order valence-electron chi connectivity index (χ0n) is 6.09. The predicted molar refractivity (Wildman–Crippen MR) is 39.5 cm³/mol. The van der Waals surface area contributed by atoms with Gasteiger partial charge < -0.3 is 4.74 Å². The third-order valence-electron chi connectivity index (χ3n) is 1.81. The minimum Gasteiger partial charge on any atom is -0.474 e. The van der Waals surface area contributed by atoms with Crippen molar-refractivity contribution in [2.75, 3.05) is 6.61 Å². The molecule has 0 radical (unpaired) electrons. The zero-order chi connectivity index (χ0) is 7.68. The fraction of sp³-hybridized carbons (Fsp3) is 0.375. The molecule has 58 valence electrons. The molecule has 1 N–H and O–H groups in total. The van der Waals surface area contributed by atoms with Gasteiger partial charge in [-0.15, -0.1) is 0 Å². The second kappa shape index (κ2) is 2.42. The second-order valence-electron chi connectivity index (χ2n) is 2.62. The van der Waals surface area contributed by atoms with Crippen LogP contribution in [0.25, 0.3) is 0 Å². The third-order valence-corrected chi connectivity index (χ3v) is 1.81. The monoisotopic (exact) mass is 151 g/mol. The molecule has 2 aliphatic rings. The van der Waals surface area contributed by atoms with Crippen molar-refractivity contribution in [3.05, 3.63) is 23.6 Å². The molecular formula is C8H9NO2. The standard InChI is InChI=1S/C8H9NO2/c10-7-4-3-6-2-1-5-11-8(6)9-7/h1-2H,3-5H2,(H,9,10). The lowest BCUT2D eigenvalue weighted by Gasteiger charge is -2.21. The van der Waals surface area contributed by atoms with Crippen LogP contribution in [0.2, 0.25) is 0 Å². The van der Waals surface area contributed by atoms with E-state index in [4.69, 9.17) is 4.74 Å². The number of rotatable bonds is 0. The molecule has 3 heteroatoms. The highest BCUT2D eigenvalue weighted by molar-refractivity contribution is 5.79. The van der Waals surface area contributed by atoms with Crippen molar-refractivity contribution in [1.29, 1.82) is 0 Å². The number of hydrogen-bond acceptors (Lipinski definition) is 2. The topological polar surface area (TPSA) is 38.3 Å². The van der Waals surface area contributed by atoms with E-state index < -0.39 is 0 Å². The first-order valence-electron chi connectivity index (χ1n) is 3.68. The lowest BCUT2D eigenvalue weighted by atomic mass is 10.1. The van der Waals surface area contributed by atoms with Crippen LogP contribution in [-0.4, -0.2) is 12.5 Å². The van der Waals surface area contributed by atoms with Crippen LogP contribution in [0.5, 0.6) is 0 Å². The summed E-state index contributed by atoms with van der Waals surface area (Å²) >= 11 is 0. The summed E-state index contributed by atoms with van der Waals surface area (Å²) in [6.45, 7) is 0.569. The van der Waals surface area contributed by atoms with Crippen molar-refractivity contribution >= 4 is 5.91 Å². The van der Waals surface area contributed by atoms with E-state index in [2.05, 4.69) is 5.32 Å². The predicted octanol–water partition coefficient (Wildman–Crippen LogP) is 0.694. The Kier molecular flexibility index (Phi) is 1.42. The molecule has 0 saturated carbocycles. The van der Waals surface area contributed by atoms with Gasteiger partial charge in [-0.1, -0.05) is 6.08 Å². The Bertz CT molecular complexity index is 253. The Hall–Kier alpha value is -1.25. The molecule has 0 saturated heterocycles. The number of amides is 1. The van der Waals surface area contributed by atoms with Gasteiger partial charge in [0.15, 0.2) is 5.88 Å². The molecule has 11 heavy (non-hydrogen) atoms. The van der Waals surface area contributed by atoms with E-state index >= 15 is 0 Å². The number of allylic oxidation sites excluding steroid dienone is 2. The van der Waals surface area contributed by atoms with Gasteiger partial charge in [0.2, 0.25) is 5.91 Å². The molecule has 0 aromatic rings. The minimum absolute atomic E-state index is 0.0547. The molecule has 0 aromatic carbocycles. The molecule has 0 spiro atoms. The summed E-state index contributed by atoms with van der Waals surface area (Å²) in [5.41, 5.74) is 1.11. The minimum atomic E-state index is 0.0547. The van der Waals surface area contributed by atoms with Gasteiger partial charge >= 0.3 is 0 Å². The lowest BCUT2D eigenvalue weighted by molar-refractivity contribution is -0.121. The second-order valence-corrected chi connectivity index (χ2v) is 2.62. The van der Waals surface area contributed by atoms with E-state index in [1.54, 1.807) is 0 Å². The largest absolute Gasteiger partial charge is 0.474 e. The van der Waals surface area contributed by atoms with Crippen LogP contribution in [-0.2, 0) is 9.53 Å². The molecule has 0 aliphatic carbocycles. The van der Waals surface area contributed by atoms with Gasteiger partial charge in [-0.3, -0.25) is 10.1 Å². The van der Waals surface area contributed by atoms with Crippen molar-refractivity contribution in [2.24, 2.45) is 0 Å². The first kappa shape index (κ1) is 6.46. The highest BCUT2D eigenvalue weighted by Gasteiger charge is 2.18. The van der Waals surface area contributed by atoms with Crippen LogP contribution < -0.4 is 5.32 Å². The molecule has 0 aromatic heterocycles. The molecule has 2 heterocycles. The molecule has 3 nitrogen and oxygen atoms in total. The van der Waals surface area contributed by atoms with Crippen LogP contribution in [0.4, 0.5) is 0 Å². The Morgan fingerprint density at radius 1 is 1.45 bits per heavy atom. The van der Waals surface area contributed by atoms with Crippen LogP contribution in [0.3, 0.4) is 0 Å². The number of carbonyl (C=O) groups is 1. The summed E-state index contributed by atoms with van der Waals surface area (Å²) in [7, 11) is 0. The Morgan fingerprint density at radius 2 is 2.36 bits per heavy atom. The normalized spacial score (nSPS) is 22.4. The number of carbonyl (C=O) groups excluding carboxylic acids is 1. The highest BCUT2D eigenvalue weighted by atomic mass is 16.5. The van der Waals surface area contributed by atoms with Crippen LogP contribution in [0, 0.1) is 0 Å². The van der Waals surface area contributed by atoms with Crippen LogP contribution in [0.15, 0.2) is 23.6 Å². The molecule has 1 amide bonds. The van der Waals surface area contributed by atoms with Gasteiger partial charge in [-0.25, -0.2) is 0 Å². The van der Waals surface area contributed by atoms with E-state index in [1.165, 1.54) is 0 Å². The van der Waals surface area contributed by atoms with Gasteiger partial charge in [0, 0.05) is 12.0 Å². The first-order chi connectivity index (χ1) is 5.36. The summed E-state index contributed by atoms with van der Waals surface area (Å²) in [6.07, 6.45) is 5.35. The average molecular weight is 151 g/mol. The van der Waals surface area contributed by atoms with Gasteiger partial charge in [-0.2, -0.15) is 0 Å². The molecule has 0 unspecified atom stereocenters. The van der Waals surface area contributed by atoms with Gasteiger partial charge in [0.25, 0.3) is 0 Å². The fourth-order valence-electron chi connectivity index (χ4n) is 1.24. The van der Waals surface area contributed by atoms with Crippen molar-refractivity contribution in [1.82, 2.24) is 5.32 Å². The first-order valence-corrected chi connectivity index (χ1v) is 3.68. The highest BCUT2D eigenvalue weighted by Crippen LogP contribution is 2.19. The Balaban J connectivity index is 2.26. The van der Waals surface area contributed by atoms with Crippen molar-refractivity contribution < 1.29 is 9.53 Å². The van der Waals surface area contributed by atoms with E-state index in [-0.39, 0.29) is 5.91 Å². The van der Waals surface area contributed by atoms with Crippen molar-refractivity contribution in [3.8, 4) is 0 Å². The Morgan fingerprint density at radius 3 is 3.27 bits per heavy atom. The maximum Gasteiger partial charge on any atom is 0.227 e. The van der Waals surface area contributed by atoms with Crippen LogP contribution >= 0.6 is 0 Å². The van der Waals surface area contributed by atoms with Crippen molar-refractivity contribution in [3.63, 3.8) is 0 Å². The zero-order valence-corrected chi connectivity index (χ0v) is 6.09. The van der Waals surface area contributed by atoms with E-state index in [1.807, 2.05) is 12.2 Å². The van der Waals surface area contributed by atoms with E-state index in [9.17, 15) is 4.79 Å². The van der Waals surface area contributed by atoms with Crippen LogP contribution in [0.1, 0.15) is 12.8 Å². The summed E-state index contributed by atoms with van der Waals surface area (Å²) in [5, 5.41) is 2.69. The Labute approximate surface area is 64.7 Å². The number of ether oxygens (including phenoxy) is 1. The SMILES string of the molecule is O=C1CCC2=C(N1)OCC=C2. The molecular weight excluding hydrogens is 142 g/mol. The molecule has 2 rings (SSSR count). The molecule has 0 atom stereocenters. The number of nitrogens with one attached hydrogen (secondary N) is 1. The van der Waals surface area contributed by atoms with E-state index in [0.717, 1.165) is 12.0 Å². The average Bonchev–Trinajstić information content (AvgIpc) is 2.04. The smallest absolute Gasteiger partial charge is 0.227 e. The molecule has 2 aliphatic heterocycles. The summed E-state index contributed by atoms with van der Waals surface area (Å²) in [5.74, 6) is 0.711. The molecule has 0 bridgehead atoms. The summed E-state index contributed by atoms with van der Waals surface area (Å²) < 4.78 is 5.21. The fourth-order valence-corrected chi connectivity index (χ4v) is 1.24. The summed E-state index contributed by atoms with van der Waals surface area (Å²) in [6, 6.07) is 0. The third kappa shape index (κ3) is 1.13. The maximum atomic E-state index is 10.9. The van der Waals surface area contributed by atoms with Gasteiger partial charge in [0.1, 0.15) is 6.61 Å². The quantitative estimate of drug-likeness (QED) is 0.553. The summed E-state index contributed by atoms with van der Waals surface area (Å²) in [4.78, 5) is 10.9. The maximum absolute atomic E-state index is 10.9. The van der Waals surface area contributed by atoms with E-state index in [0.29, 0.717) is 18.9 Å².